The van der Waals surface area contributed by atoms with Gasteiger partial charge in [-0.3, -0.25) is 15.1 Å². The minimum Gasteiger partial charge on any atom is -0.356 e. The number of likely N-dealkylation sites (N-methyl/N-ethyl adjacent to an activating group) is 1. The number of carbonyl (C=O) groups is 1. The van der Waals surface area contributed by atoms with Crippen LogP contribution in [0.1, 0.15) is 33.5 Å². The number of rotatable bonds is 6. The molecule has 1 aromatic heterocycles. The van der Waals surface area contributed by atoms with E-state index in [1.54, 1.807) is 18.2 Å². The first-order valence-corrected chi connectivity index (χ1v) is 12.3. The van der Waals surface area contributed by atoms with Crippen LogP contribution in [0.2, 0.25) is 0 Å². The summed E-state index contributed by atoms with van der Waals surface area (Å²) in [7, 11) is 2.01. The smallest absolute Gasteiger partial charge is 0.356 e. The molecule has 1 saturated heterocycles. The first-order chi connectivity index (χ1) is 18.5. The van der Waals surface area contributed by atoms with Crippen molar-refractivity contribution in [1.82, 2.24) is 19.6 Å². The van der Waals surface area contributed by atoms with E-state index >= 15 is 0 Å². The molecule has 7 nitrogen and oxygen atoms in total. The molecule has 0 atom stereocenters. The molecule has 0 amide bonds. The lowest BCUT2D eigenvalue weighted by Crippen LogP contribution is -2.44. The van der Waals surface area contributed by atoms with Crippen LogP contribution >= 0.6 is 0 Å². The molecule has 0 spiro atoms. The van der Waals surface area contributed by atoms with Crippen molar-refractivity contribution in [3.05, 3.63) is 94.1 Å². The molecule has 3 aromatic rings. The van der Waals surface area contributed by atoms with Crippen molar-refractivity contribution in [3.8, 4) is 11.8 Å². The molecule has 202 valence electrons. The monoisotopic (exact) mass is 534 g/mol. The number of alkyl halides is 3. The van der Waals surface area contributed by atoms with Crippen molar-refractivity contribution < 1.29 is 18.0 Å². The van der Waals surface area contributed by atoms with E-state index in [0.717, 1.165) is 42.5 Å². The summed E-state index contributed by atoms with van der Waals surface area (Å²) in [5, 5.41) is 14.6. The standard InChI is InChI=1S/C29H29F3N6O/c1-20-4-5-23(16-22(20)6-8-25-10-11-28(33)38(19-39)35-25)21(2)34-26-9-7-24(27(17-26)29(30,31)32)18-37-14-12-36(3)13-15-37/h4-5,7,9-11,16-17,19,33-34H,2,12-15,18H2,1,3H3. The first kappa shape index (κ1) is 27.8. The third-order valence-corrected chi connectivity index (χ3v) is 6.57. The van der Waals surface area contributed by atoms with Gasteiger partial charge in [-0.25, -0.2) is 0 Å². The van der Waals surface area contributed by atoms with E-state index in [0.29, 0.717) is 34.6 Å². The largest absolute Gasteiger partial charge is 0.416 e. The second-order valence-electron chi connectivity index (χ2n) is 9.49. The van der Waals surface area contributed by atoms with E-state index < -0.39 is 11.7 Å². The van der Waals surface area contributed by atoms with E-state index in [1.807, 2.05) is 31.0 Å². The van der Waals surface area contributed by atoms with Gasteiger partial charge >= 0.3 is 6.18 Å². The lowest BCUT2D eigenvalue weighted by atomic mass is 10.0. The molecule has 10 heteroatoms. The summed E-state index contributed by atoms with van der Waals surface area (Å²) in [6.45, 7) is 9.27. The van der Waals surface area contributed by atoms with Crippen LogP contribution < -0.4 is 10.8 Å². The van der Waals surface area contributed by atoms with E-state index in [-0.39, 0.29) is 17.6 Å². The number of halogens is 3. The van der Waals surface area contributed by atoms with Crippen molar-refractivity contribution in [2.24, 2.45) is 0 Å². The highest BCUT2D eigenvalue weighted by molar-refractivity contribution is 5.76. The van der Waals surface area contributed by atoms with Gasteiger partial charge in [0, 0.05) is 49.7 Å². The number of hydrogen-bond donors (Lipinski definition) is 2. The predicted octanol–water partition coefficient (Wildman–Crippen LogP) is 3.96. The molecule has 2 heterocycles. The van der Waals surface area contributed by atoms with Crippen LogP contribution in [0.3, 0.4) is 0 Å². The molecule has 2 N–H and O–H groups in total. The Balaban J connectivity index is 1.54. The Morgan fingerprint density at radius 2 is 1.85 bits per heavy atom. The van der Waals surface area contributed by atoms with Crippen LogP contribution in [0.15, 0.2) is 55.1 Å². The molecule has 2 aromatic carbocycles. The van der Waals surface area contributed by atoms with Crippen LogP contribution in [0.25, 0.3) is 5.70 Å². The highest BCUT2D eigenvalue weighted by Crippen LogP contribution is 2.35. The van der Waals surface area contributed by atoms with Gasteiger partial charge in [0.05, 0.1) is 5.56 Å². The van der Waals surface area contributed by atoms with E-state index in [2.05, 4.69) is 33.7 Å². The average Bonchev–Trinajstić information content (AvgIpc) is 2.90. The molecule has 0 bridgehead atoms. The Morgan fingerprint density at radius 1 is 1.10 bits per heavy atom. The summed E-state index contributed by atoms with van der Waals surface area (Å²) in [6, 6.07) is 12.7. The molecular weight excluding hydrogens is 505 g/mol. The van der Waals surface area contributed by atoms with Crippen LogP contribution in [0.4, 0.5) is 18.9 Å². The third kappa shape index (κ3) is 7.02. The molecule has 0 radical (unpaired) electrons. The van der Waals surface area contributed by atoms with Crippen molar-refractivity contribution in [2.45, 2.75) is 19.6 Å². The highest BCUT2D eigenvalue weighted by atomic mass is 19.4. The zero-order valence-electron chi connectivity index (χ0n) is 21.8. The maximum Gasteiger partial charge on any atom is 0.416 e. The Hall–Kier alpha value is -4.20. The predicted molar refractivity (Wildman–Crippen MR) is 144 cm³/mol. The number of nitrogens with one attached hydrogen (secondary N) is 2. The molecule has 0 aliphatic carbocycles. The van der Waals surface area contributed by atoms with Gasteiger partial charge in [0.2, 0.25) is 6.41 Å². The Labute approximate surface area is 225 Å². The van der Waals surface area contributed by atoms with Crippen LogP contribution in [-0.4, -0.2) is 59.2 Å². The molecule has 0 saturated carbocycles. The molecule has 1 aliphatic heterocycles. The second-order valence-corrected chi connectivity index (χ2v) is 9.49. The number of piperazine rings is 1. The summed E-state index contributed by atoms with van der Waals surface area (Å²) in [4.78, 5) is 15.2. The number of aromatic nitrogens is 2. The summed E-state index contributed by atoms with van der Waals surface area (Å²) in [6.07, 6.45) is -4.06. The second kappa shape index (κ2) is 11.7. The van der Waals surface area contributed by atoms with Gasteiger partial charge in [-0.1, -0.05) is 30.7 Å². The number of aryl methyl sites for hydroxylation is 1. The normalized spacial score (nSPS) is 14.4. The molecule has 39 heavy (non-hydrogen) atoms. The minimum atomic E-state index is -4.48. The summed E-state index contributed by atoms with van der Waals surface area (Å²) in [5.41, 5.74) is 2.78. The maximum absolute atomic E-state index is 14.0. The van der Waals surface area contributed by atoms with Crippen LogP contribution in [-0.2, 0) is 17.5 Å². The Bertz CT molecular complexity index is 1510. The Morgan fingerprint density at radius 3 is 2.54 bits per heavy atom. The SMILES string of the molecule is C=C(Nc1ccc(CN2CCN(C)CC2)c(C(F)(F)F)c1)c1ccc(C)c(C#Cc2ccc(=N)n(C=O)n2)c1. The van der Waals surface area contributed by atoms with Crippen LogP contribution in [0, 0.1) is 24.2 Å². The molecular formula is C29H29F3N6O. The number of nitrogens with zero attached hydrogens (tertiary/aromatic N) is 4. The van der Waals surface area contributed by atoms with Gasteiger partial charge in [-0.05, 0) is 66.9 Å². The number of benzene rings is 2. The minimum absolute atomic E-state index is 0.0582. The highest BCUT2D eigenvalue weighted by Gasteiger charge is 2.34. The lowest BCUT2D eigenvalue weighted by molar-refractivity contribution is -0.138. The zero-order valence-corrected chi connectivity index (χ0v) is 21.8. The Kier molecular flexibility index (Phi) is 8.33. The van der Waals surface area contributed by atoms with Gasteiger partial charge in [-0.2, -0.15) is 23.0 Å². The van der Waals surface area contributed by atoms with E-state index in [4.69, 9.17) is 5.41 Å². The fraction of sp³-hybridized carbons (Fsp3) is 0.276. The van der Waals surface area contributed by atoms with Crippen molar-refractivity contribution in [3.63, 3.8) is 0 Å². The maximum atomic E-state index is 14.0. The quantitative estimate of drug-likeness (QED) is 0.370. The molecule has 0 unspecified atom stereocenters. The molecule has 1 aliphatic rings. The fourth-order valence-corrected chi connectivity index (χ4v) is 4.21. The molecule has 1 fully saturated rings. The summed E-state index contributed by atoms with van der Waals surface area (Å²) >= 11 is 0. The fourth-order valence-electron chi connectivity index (χ4n) is 4.21. The number of anilines is 1. The van der Waals surface area contributed by atoms with Crippen molar-refractivity contribution in [2.75, 3.05) is 38.5 Å². The third-order valence-electron chi connectivity index (χ3n) is 6.57. The average molecular weight is 535 g/mol. The lowest BCUT2D eigenvalue weighted by Gasteiger charge is -2.33. The summed E-state index contributed by atoms with van der Waals surface area (Å²) < 4.78 is 42.8. The number of carbonyl (C=O) groups excluding carboxylic acids is 1. The number of hydrogen-bond acceptors (Lipinski definition) is 6. The van der Waals surface area contributed by atoms with E-state index in [9.17, 15) is 18.0 Å². The summed E-state index contributed by atoms with van der Waals surface area (Å²) in [5.74, 6) is 5.89. The molecule has 4 rings (SSSR count). The topological polar surface area (TPSA) is 77.2 Å². The van der Waals surface area contributed by atoms with Crippen molar-refractivity contribution >= 4 is 17.8 Å². The van der Waals surface area contributed by atoms with Gasteiger partial charge in [0.1, 0.15) is 11.2 Å². The van der Waals surface area contributed by atoms with Gasteiger partial charge in [-0.15, -0.1) is 0 Å². The van der Waals surface area contributed by atoms with Crippen molar-refractivity contribution in [1.29, 1.82) is 5.41 Å². The van der Waals surface area contributed by atoms with Gasteiger partial charge in [0.15, 0.2) is 0 Å². The van der Waals surface area contributed by atoms with Crippen LogP contribution in [0.5, 0.6) is 0 Å². The first-order valence-electron chi connectivity index (χ1n) is 12.3. The van der Waals surface area contributed by atoms with E-state index in [1.165, 1.54) is 12.1 Å². The zero-order chi connectivity index (χ0) is 28.2. The van der Waals surface area contributed by atoms with Gasteiger partial charge in [0.25, 0.3) is 0 Å². The van der Waals surface area contributed by atoms with Gasteiger partial charge < -0.3 is 10.2 Å².